The van der Waals surface area contributed by atoms with Crippen LogP contribution in [0.4, 0.5) is 0 Å². The number of likely N-dealkylation sites (tertiary alicyclic amines) is 1. The van der Waals surface area contributed by atoms with E-state index >= 15 is 0 Å². The number of ether oxygens (including phenoxy) is 1. The largest absolute Gasteiger partial charge is 0.497 e. The summed E-state index contributed by atoms with van der Waals surface area (Å²) in [5, 5.41) is 11.3. The molecule has 1 heterocycles. The van der Waals surface area contributed by atoms with Crippen molar-refractivity contribution in [3.63, 3.8) is 0 Å². The minimum absolute atomic E-state index is 0.0139. The summed E-state index contributed by atoms with van der Waals surface area (Å²) in [7, 11) is 5.69. The molecule has 30 heavy (non-hydrogen) atoms. The van der Waals surface area contributed by atoms with Crippen molar-refractivity contribution in [1.29, 1.82) is 0 Å². The highest BCUT2D eigenvalue weighted by atomic mass is 16.5. The average Bonchev–Trinajstić information content (AvgIpc) is 2.79. The molecule has 1 aliphatic heterocycles. The van der Waals surface area contributed by atoms with Gasteiger partial charge in [-0.15, -0.1) is 0 Å². The second-order valence-corrected chi connectivity index (χ2v) is 8.95. The number of carbonyl (C=O) groups excluding carboxylic acids is 1. The molecule has 5 heteroatoms. The number of carbonyl (C=O) groups is 1. The molecule has 2 aromatic carbocycles. The Hall–Kier alpha value is -2.37. The zero-order valence-electron chi connectivity index (χ0n) is 18.1. The van der Waals surface area contributed by atoms with E-state index < -0.39 is 6.10 Å². The first-order valence-corrected chi connectivity index (χ1v) is 10.8. The van der Waals surface area contributed by atoms with Gasteiger partial charge in [-0.3, -0.25) is 4.79 Å². The number of rotatable bonds is 4. The third-order valence-electron chi connectivity index (χ3n) is 7.27. The smallest absolute Gasteiger partial charge is 0.253 e. The van der Waals surface area contributed by atoms with Crippen molar-refractivity contribution in [3.05, 3.63) is 65.7 Å². The van der Waals surface area contributed by atoms with Crippen LogP contribution in [0.5, 0.6) is 5.75 Å². The molecular weight excluding hydrogens is 376 g/mol. The Kier molecular flexibility index (Phi) is 5.85. The second-order valence-electron chi connectivity index (χ2n) is 8.95. The van der Waals surface area contributed by atoms with E-state index in [0.717, 1.165) is 31.7 Å². The number of aliphatic hydroxyl groups is 1. The molecule has 160 valence electrons. The summed E-state index contributed by atoms with van der Waals surface area (Å²) in [6.07, 6.45) is 1.97. The first-order valence-electron chi connectivity index (χ1n) is 10.8. The summed E-state index contributed by atoms with van der Waals surface area (Å²) in [6.45, 7) is 1.84. The molecular formula is C25H32N2O3. The Morgan fingerprint density at radius 2 is 1.97 bits per heavy atom. The van der Waals surface area contributed by atoms with E-state index in [9.17, 15) is 9.90 Å². The Morgan fingerprint density at radius 3 is 2.70 bits per heavy atom. The number of hydrogen-bond acceptors (Lipinski definition) is 4. The van der Waals surface area contributed by atoms with Crippen LogP contribution in [0, 0.1) is 5.92 Å². The van der Waals surface area contributed by atoms with Gasteiger partial charge in [0.2, 0.25) is 0 Å². The van der Waals surface area contributed by atoms with Gasteiger partial charge in [0.15, 0.2) is 0 Å². The molecule has 1 aliphatic carbocycles. The Bertz CT molecular complexity index is 887. The highest BCUT2D eigenvalue weighted by molar-refractivity contribution is 5.94. The maximum absolute atomic E-state index is 13.1. The zero-order chi connectivity index (χ0) is 21.3. The summed E-state index contributed by atoms with van der Waals surface area (Å²) in [6, 6.07) is 17.7. The topological polar surface area (TPSA) is 53.0 Å². The van der Waals surface area contributed by atoms with Crippen LogP contribution in [0.2, 0.25) is 0 Å². The molecule has 2 fully saturated rings. The van der Waals surface area contributed by atoms with Crippen LogP contribution >= 0.6 is 0 Å². The van der Waals surface area contributed by atoms with Gasteiger partial charge in [-0.1, -0.05) is 30.3 Å². The van der Waals surface area contributed by atoms with Crippen molar-refractivity contribution in [2.24, 2.45) is 5.92 Å². The molecule has 2 aliphatic rings. The predicted octanol–water partition coefficient (Wildman–Crippen LogP) is 3.18. The molecule has 0 radical (unpaired) electrons. The van der Waals surface area contributed by atoms with E-state index in [1.54, 1.807) is 7.11 Å². The molecule has 0 bridgehead atoms. The maximum Gasteiger partial charge on any atom is 0.253 e. The van der Waals surface area contributed by atoms with Gasteiger partial charge in [0.25, 0.3) is 5.91 Å². The lowest BCUT2D eigenvalue weighted by Crippen LogP contribution is -2.60. The quantitative estimate of drug-likeness (QED) is 0.844. The standard InChI is InChI=1S/C25H32N2O3/c1-26-13-12-25(19-10-7-11-21(14-19)30-3)16-20(15-23(28)22(25)17-26)27(2)24(29)18-8-5-4-6-9-18/h4-11,14,20,22-23,28H,12-13,15-17H2,1-3H3. The first-order chi connectivity index (χ1) is 14.4. The number of nitrogens with zero attached hydrogens (tertiary/aromatic N) is 2. The summed E-state index contributed by atoms with van der Waals surface area (Å²) >= 11 is 0. The second kappa shape index (κ2) is 8.40. The minimum Gasteiger partial charge on any atom is -0.497 e. The van der Waals surface area contributed by atoms with Crippen molar-refractivity contribution in [3.8, 4) is 5.75 Å². The molecule has 4 atom stereocenters. The number of piperidine rings is 1. The molecule has 1 saturated carbocycles. The third-order valence-corrected chi connectivity index (χ3v) is 7.27. The summed E-state index contributed by atoms with van der Waals surface area (Å²) in [5.41, 5.74) is 1.73. The summed E-state index contributed by atoms with van der Waals surface area (Å²) in [4.78, 5) is 17.3. The highest BCUT2D eigenvalue weighted by Gasteiger charge is 2.52. The summed E-state index contributed by atoms with van der Waals surface area (Å²) in [5.74, 6) is 0.990. The van der Waals surface area contributed by atoms with Gasteiger partial charge in [-0.2, -0.15) is 0 Å². The molecule has 1 amide bonds. The summed E-state index contributed by atoms with van der Waals surface area (Å²) < 4.78 is 5.50. The number of methoxy groups -OCH3 is 1. The van der Waals surface area contributed by atoms with Crippen molar-refractivity contribution in [1.82, 2.24) is 9.80 Å². The van der Waals surface area contributed by atoms with Gasteiger partial charge in [0.05, 0.1) is 13.2 Å². The van der Waals surface area contributed by atoms with Crippen LogP contribution in [0.3, 0.4) is 0 Å². The van der Waals surface area contributed by atoms with Crippen LogP contribution in [0.1, 0.15) is 35.2 Å². The van der Waals surface area contributed by atoms with Gasteiger partial charge in [0, 0.05) is 36.5 Å². The van der Waals surface area contributed by atoms with Crippen LogP contribution in [-0.4, -0.2) is 67.3 Å². The predicted molar refractivity (Wildman–Crippen MR) is 118 cm³/mol. The molecule has 4 unspecified atom stereocenters. The number of aliphatic hydroxyl groups excluding tert-OH is 1. The SMILES string of the molecule is COc1cccc(C23CCN(C)CC2C(O)CC(N(C)C(=O)c2ccccc2)C3)c1. The van der Waals surface area contributed by atoms with E-state index in [1.165, 1.54) is 5.56 Å². The zero-order valence-corrected chi connectivity index (χ0v) is 18.1. The van der Waals surface area contributed by atoms with E-state index in [-0.39, 0.29) is 23.3 Å². The molecule has 0 spiro atoms. The fourth-order valence-corrected chi connectivity index (χ4v) is 5.52. The van der Waals surface area contributed by atoms with Crippen LogP contribution < -0.4 is 4.74 Å². The normalized spacial score (nSPS) is 29.1. The fourth-order valence-electron chi connectivity index (χ4n) is 5.52. The molecule has 2 aromatic rings. The number of amides is 1. The van der Waals surface area contributed by atoms with Crippen molar-refractivity contribution in [2.75, 3.05) is 34.3 Å². The van der Waals surface area contributed by atoms with Crippen molar-refractivity contribution in [2.45, 2.75) is 36.8 Å². The van der Waals surface area contributed by atoms with E-state index in [4.69, 9.17) is 4.74 Å². The van der Waals surface area contributed by atoms with Crippen molar-refractivity contribution < 1.29 is 14.6 Å². The van der Waals surface area contributed by atoms with Gasteiger partial charge in [-0.25, -0.2) is 0 Å². The fraction of sp³-hybridized carbons (Fsp3) is 0.480. The lowest BCUT2D eigenvalue weighted by molar-refractivity contribution is -0.0566. The van der Waals surface area contributed by atoms with Crippen LogP contribution in [0.25, 0.3) is 0 Å². The Labute approximate surface area is 179 Å². The number of fused-ring (bicyclic) bond motifs is 1. The minimum atomic E-state index is -0.455. The van der Waals surface area contributed by atoms with Crippen molar-refractivity contribution >= 4 is 5.91 Å². The van der Waals surface area contributed by atoms with Crippen LogP contribution in [0.15, 0.2) is 54.6 Å². The van der Waals surface area contributed by atoms with Gasteiger partial charge in [-0.05, 0) is 62.7 Å². The average molecular weight is 409 g/mol. The monoisotopic (exact) mass is 408 g/mol. The lowest BCUT2D eigenvalue weighted by atomic mass is 9.57. The molecule has 4 rings (SSSR count). The van der Waals surface area contributed by atoms with Gasteiger partial charge < -0.3 is 19.6 Å². The third kappa shape index (κ3) is 3.72. The van der Waals surface area contributed by atoms with Gasteiger partial charge >= 0.3 is 0 Å². The highest BCUT2D eigenvalue weighted by Crippen LogP contribution is 2.50. The number of hydrogen-bond donors (Lipinski definition) is 1. The maximum atomic E-state index is 13.1. The Morgan fingerprint density at radius 1 is 1.20 bits per heavy atom. The van der Waals surface area contributed by atoms with E-state index in [0.29, 0.717) is 12.0 Å². The van der Waals surface area contributed by atoms with E-state index in [1.807, 2.05) is 54.4 Å². The van der Waals surface area contributed by atoms with Gasteiger partial charge in [0.1, 0.15) is 5.75 Å². The lowest BCUT2D eigenvalue weighted by Gasteiger charge is -2.55. The molecule has 0 aromatic heterocycles. The molecule has 1 saturated heterocycles. The van der Waals surface area contributed by atoms with E-state index in [2.05, 4.69) is 24.1 Å². The molecule has 5 nitrogen and oxygen atoms in total. The van der Waals surface area contributed by atoms with Crippen LogP contribution in [-0.2, 0) is 5.41 Å². The number of benzene rings is 2. The molecule has 1 N–H and O–H groups in total. The Balaban J connectivity index is 1.69. The first kappa shape index (κ1) is 20.9.